The average molecular weight is 355 g/mol. The van der Waals surface area contributed by atoms with E-state index in [0.717, 1.165) is 12.1 Å². The summed E-state index contributed by atoms with van der Waals surface area (Å²) in [7, 11) is 1.51. The van der Waals surface area contributed by atoms with Gasteiger partial charge in [-0.05, 0) is 30.7 Å². The maximum absolute atomic E-state index is 12.8. The maximum atomic E-state index is 12.8. The quantitative estimate of drug-likeness (QED) is 0.865. The predicted octanol–water partition coefficient (Wildman–Crippen LogP) is 2.83. The van der Waals surface area contributed by atoms with Gasteiger partial charge in [0.2, 0.25) is 0 Å². The van der Waals surface area contributed by atoms with Crippen molar-refractivity contribution in [3.63, 3.8) is 0 Å². The molecular formula is C16H16F3N3O3. The van der Waals surface area contributed by atoms with Gasteiger partial charge in [0.15, 0.2) is 5.69 Å². The normalized spacial score (nSPS) is 11.4. The largest absolute Gasteiger partial charge is 0.481 e. The zero-order valence-electron chi connectivity index (χ0n) is 13.3. The highest BCUT2D eigenvalue weighted by atomic mass is 19.4. The molecule has 134 valence electrons. The van der Waals surface area contributed by atoms with E-state index in [2.05, 4.69) is 5.10 Å². The third-order valence-corrected chi connectivity index (χ3v) is 3.48. The van der Waals surface area contributed by atoms with Gasteiger partial charge < -0.3 is 10.0 Å². The fourth-order valence-electron chi connectivity index (χ4n) is 2.17. The van der Waals surface area contributed by atoms with Crippen molar-refractivity contribution in [2.24, 2.45) is 0 Å². The highest BCUT2D eigenvalue weighted by Gasteiger charge is 2.30. The van der Waals surface area contributed by atoms with Crippen LogP contribution in [0, 0.1) is 0 Å². The number of aromatic nitrogens is 2. The van der Waals surface area contributed by atoms with Crippen molar-refractivity contribution in [1.29, 1.82) is 0 Å². The first kappa shape index (κ1) is 18.5. The van der Waals surface area contributed by atoms with Crippen LogP contribution in [-0.4, -0.2) is 45.3 Å². The monoisotopic (exact) mass is 355 g/mol. The lowest BCUT2D eigenvalue weighted by Crippen LogP contribution is -2.28. The smallest absolute Gasteiger partial charge is 0.416 e. The number of carbonyl (C=O) groups is 2. The number of alkyl halides is 3. The van der Waals surface area contributed by atoms with Gasteiger partial charge in [-0.2, -0.15) is 18.3 Å². The van der Waals surface area contributed by atoms with E-state index in [0.29, 0.717) is 6.42 Å². The van der Waals surface area contributed by atoms with Crippen LogP contribution in [0.5, 0.6) is 0 Å². The molecule has 1 N–H and O–H groups in total. The molecule has 1 aromatic carbocycles. The Morgan fingerprint density at radius 3 is 2.64 bits per heavy atom. The second kappa shape index (κ2) is 7.37. The number of benzene rings is 1. The summed E-state index contributed by atoms with van der Waals surface area (Å²) in [5.74, 6) is -1.38. The van der Waals surface area contributed by atoms with Gasteiger partial charge in [-0.25, -0.2) is 4.68 Å². The van der Waals surface area contributed by atoms with Crippen molar-refractivity contribution in [3.05, 3.63) is 47.8 Å². The molecule has 0 saturated carbocycles. The first-order valence-corrected chi connectivity index (χ1v) is 7.39. The topological polar surface area (TPSA) is 75.4 Å². The van der Waals surface area contributed by atoms with Crippen LogP contribution in [0.1, 0.15) is 28.9 Å². The van der Waals surface area contributed by atoms with Crippen LogP contribution in [0.15, 0.2) is 36.5 Å². The van der Waals surface area contributed by atoms with E-state index in [4.69, 9.17) is 5.11 Å². The Labute approximate surface area is 141 Å². The molecule has 1 heterocycles. The number of nitrogens with zero attached hydrogens (tertiary/aromatic N) is 3. The molecule has 0 spiro atoms. The molecule has 6 nitrogen and oxygen atoms in total. The van der Waals surface area contributed by atoms with E-state index in [1.165, 1.54) is 41.0 Å². The molecule has 9 heteroatoms. The van der Waals surface area contributed by atoms with Crippen molar-refractivity contribution in [3.8, 4) is 5.69 Å². The zero-order chi connectivity index (χ0) is 18.6. The Hall–Kier alpha value is -2.84. The molecule has 0 saturated heterocycles. The second-order valence-corrected chi connectivity index (χ2v) is 5.42. The van der Waals surface area contributed by atoms with E-state index < -0.39 is 23.6 Å². The van der Waals surface area contributed by atoms with Crippen molar-refractivity contribution < 1.29 is 27.9 Å². The van der Waals surface area contributed by atoms with Crippen LogP contribution < -0.4 is 0 Å². The SMILES string of the molecule is CN(CCCC(=O)O)C(=O)c1ccn(-c2cccc(C(F)(F)F)c2)n1. The van der Waals surface area contributed by atoms with Gasteiger partial charge in [0.05, 0.1) is 11.3 Å². The lowest BCUT2D eigenvalue weighted by molar-refractivity contribution is -0.138. The van der Waals surface area contributed by atoms with Gasteiger partial charge in [-0.15, -0.1) is 0 Å². The molecule has 0 atom stereocenters. The number of halogens is 3. The molecule has 25 heavy (non-hydrogen) atoms. The van der Waals surface area contributed by atoms with Crippen LogP contribution >= 0.6 is 0 Å². The van der Waals surface area contributed by atoms with Crippen LogP contribution in [0.2, 0.25) is 0 Å². The van der Waals surface area contributed by atoms with Gasteiger partial charge >= 0.3 is 12.1 Å². The van der Waals surface area contributed by atoms with Crippen molar-refractivity contribution >= 4 is 11.9 Å². The molecule has 1 amide bonds. The number of amides is 1. The first-order chi connectivity index (χ1) is 11.7. The highest BCUT2D eigenvalue weighted by Crippen LogP contribution is 2.30. The van der Waals surface area contributed by atoms with Gasteiger partial charge in [0, 0.05) is 26.2 Å². The molecule has 1 aromatic heterocycles. The van der Waals surface area contributed by atoms with E-state index in [9.17, 15) is 22.8 Å². The number of hydrogen-bond acceptors (Lipinski definition) is 3. The standard InChI is InChI=1S/C16H16F3N3O3/c1-21(8-3-6-14(23)24)15(25)13-7-9-22(20-13)12-5-2-4-11(10-12)16(17,18)19/h2,4-5,7,9-10H,3,6,8H2,1H3,(H,23,24). The van der Waals surface area contributed by atoms with Crippen molar-refractivity contribution in [2.75, 3.05) is 13.6 Å². The number of aliphatic carboxylic acids is 1. The van der Waals surface area contributed by atoms with Crippen LogP contribution in [0.4, 0.5) is 13.2 Å². The summed E-state index contributed by atoms with van der Waals surface area (Å²) in [6.07, 6.45) is -2.83. The highest BCUT2D eigenvalue weighted by molar-refractivity contribution is 5.92. The number of rotatable bonds is 6. The molecular weight excluding hydrogens is 339 g/mol. The molecule has 2 rings (SSSR count). The van der Waals surface area contributed by atoms with Crippen molar-refractivity contribution in [2.45, 2.75) is 19.0 Å². The molecule has 0 radical (unpaired) electrons. The average Bonchev–Trinajstić information content (AvgIpc) is 3.03. The van der Waals surface area contributed by atoms with Gasteiger partial charge in [0.25, 0.3) is 5.91 Å². The third-order valence-electron chi connectivity index (χ3n) is 3.48. The molecule has 0 aliphatic rings. The van der Waals surface area contributed by atoms with E-state index in [1.54, 1.807) is 0 Å². The Kier molecular flexibility index (Phi) is 5.45. The van der Waals surface area contributed by atoms with Gasteiger partial charge in [-0.3, -0.25) is 9.59 Å². The van der Waals surface area contributed by atoms with Crippen LogP contribution in [-0.2, 0) is 11.0 Å². The molecule has 0 fully saturated rings. The first-order valence-electron chi connectivity index (χ1n) is 7.39. The molecule has 0 aliphatic carbocycles. The molecule has 2 aromatic rings. The van der Waals surface area contributed by atoms with E-state index in [1.807, 2.05) is 0 Å². The Bertz CT molecular complexity index is 771. The summed E-state index contributed by atoms with van der Waals surface area (Å²) in [5.41, 5.74) is -0.559. The fourth-order valence-corrected chi connectivity index (χ4v) is 2.17. The summed E-state index contributed by atoms with van der Waals surface area (Å²) >= 11 is 0. The molecule has 0 aliphatic heterocycles. The number of hydrogen-bond donors (Lipinski definition) is 1. The van der Waals surface area contributed by atoms with E-state index >= 15 is 0 Å². The third kappa shape index (κ3) is 4.82. The maximum Gasteiger partial charge on any atom is 0.416 e. The lowest BCUT2D eigenvalue weighted by atomic mass is 10.2. The minimum absolute atomic E-state index is 0.0592. The zero-order valence-corrected chi connectivity index (χ0v) is 13.3. The summed E-state index contributed by atoms with van der Waals surface area (Å²) in [5, 5.41) is 12.6. The van der Waals surface area contributed by atoms with Gasteiger partial charge in [0.1, 0.15) is 0 Å². The number of carboxylic acid groups (broad SMARTS) is 1. The summed E-state index contributed by atoms with van der Waals surface area (Å²) < 4.78 is 39.5. The fraction of sp³-hybridized carbons (Fsp3) is 0.312. The molecule has 0 bridgehead atoms. The Balaban J connectivity index is 2.12. The predicted molar refractivity (Wildman–Crippen MR) is 82.4 cm³/mol. The van der Waals surface area contributed by atoms with Crippen LogP contribution in [0.25, 0.3) is 5.69 Å². The molecule has 0 unspecified atom stereocenters. The lowest BCUT2D eigenvalue weighted by Gasteiger charge is -2.15. The minimum atomic E-state index is -4.47. The van der Waals surface area contributed by atoms with E-state index in [-0.39, 0.29) is 24.3 Å². The minimum Gasteiger partial charge on any atom is -0.481 e. The van der Waals surface area contributed by atoms with Crippen LogP contribution in [0.3, 0.4) is 0 Å². The summed E-state index contributed by atoms with van der Waals surface area (Å²) in [4.78, 5) is 24.0. The van der Waals surface area contributed by atoms with Gasteiger partial charge in [-0.1, -0.05) is 6.07 Å². The van der Waals surface area contributed by atoms with Crippen molar-refractivity contribution in [1.82, 2.24) is 14.7 Å². The number of carbonyl (C=O) groups excluding carboxylic acids is 1. The summed E-state index contributed by atoms with van der Waals surface area (Å²) in [6.45, 7) is 0.238. The second-order valence-electron chi connectivity index (χ2n) is 5.42. The number of carboxylic acids is 1. The summed E-state index contributed by atoms with van der Waals surface area (Å²) in [6, 6.07) is 6.01. The Morgan fingerprint density at radius 2 is 2.00 bits per heavy atom. The Morgan fingerprint density at radius 1 is 1.28 bits per heavy atom.